The second-order valence-electron chi connectivity index (χ2n) is 5.27. The van der Waals surface area contributed by atoms with Crippen molar-refractivity contribution in [3.05, 3.63) is 29.8 Å². The molecular weight excluding hydrogens is 256 g/mol. The molecule has 2 heterocycles. The number of rotatable bonds is 2. The highest BCUT2D eigenvalue weighted by Gasteiger charge is 2.33. The number of hydrogen-bond donors (Lipinski definition) is 1. The number of hydrogen-bond acceptors (Lipinski definition) is 4. The summed E-state index contributed by atoms with van der Waals surface area (Å²) in [7, 11) is 1.69. The normalized spacial score (nSPS) is 25.8. The maximum atomic E-state index is 12.6. The van der Waals surface area contributed by atoms with E-state index in [1.807, 2.05) is 29.2 Å². The Kier molecular flexibility index (Phi) is 3.89. The summed E-state index contributed by atoms with van der Waals surface area (Å²) in [6.45, 7) is 2.53. The fourth-order valence-electron chi connectivity index (χ4n) is 2.81. The second kappa shape index (κ2) is 5.81. The Morgan fingerprint density at radius 1 is 1.45 bits per heavy atom. The van der Waals surface area contributed by atoms with Gasteiger partial charge in [0.1, 0.15) is 12.4 Å². The van der Waals surface area contributed by atoms with Gasteiger partial charge >= 0.3 is 0 Å². The van der Waals surface area contributed by atoms with Crippen LogP contribution in [-0.2, 0) is 16.1 Å². The molecule has 0 bridgehead atoms. The minimum absolute atomic E-state index is 0.134. The number of methoxy groups -OCH3 is 1. The molecular formula is C15H20N2O3. The monoisotopic (exact) mass is 276 g/mol. The van der Waals surface area contributed by atoms with Crippen molar-refractivity contribution in [3.8, 4) is 5.75 Å². The Hall–Kier alpha value is -1.59. The summed E-state index contributed by atoms with van der Waals surface area (Å²) in [4.78, 5) is 14.5. The van der Waals surface area contributed by atoms with E-state index in [2.05, 4.69) is 5.32 Å². The molecule has 20 heavy (non-hydrogen) atoms. The predicted octanol–water partition coefficient (Wildman–Crippen LogP) is 0.784. The molecule has 0 aliphatic carbocycles. The van der Waals surface area contributed by atoms with Crippen molar-refractivity contribution >= 4 is 5.91 Å². The van der Waals surface area contributed by atoms with Gasteiger partial charge in [0, 0.05) is 25.8 Å². The summed E-state index contributed by atoms with van der Waals surface area (Å²) in [5.41, 5.74) is 1.07. The summed E-state index contributed by atoms with van der Waals surface area (Å²) in [5, 5.41) is 3.24. The number of ether oxygens (including phenoxy) is 2. The van der Waals surface area contributed by atoms with Crippen LogP contribution in [0.15, 0.2) is 24.3 Å². The van der Waals surface area contributed by atoms with Crippen LogP contribution in [0.25, 0.3) is 0 Å². The minimum Gasteiger partial charge on any atom is -0.491 e. The lowest BCUT2D eigenvalue weighted by Gasteiger charge is -2.23. The van der Waals surface area contributed by atoms with Gasteiger partial charge in [-0.3, -0.25) is 4.79 Å². The van der Waals surface area contributed by atoms with E-state index in [0.29, 0.717) is 19.7 Å². The van der Waals surface area contributed by atoms with Gasteiger partial charge in [0.2, 0.25) is 5.91 Å². The number of nitrogens with zero attached hydrogens (tertiary/aromatic N) is 1. The molecule has 1 fully saturated rings. The largest absolute Gasteiger partial charge is 0.491 e. The number of fused-ring (bicyclic) bond motifs is 1. The number of carbonyl (C=O) groups excluding carboxylic acids is 1. The predicted molar refractivity (Wildman–Crippen MR) is 74.6 cm³/mol. The highest BCUT2D eigenvalue weighted by atomic mass is 16.5. The van der Waals surface area contributed by atoms with Crippen molar-refractivity contribution < 1.29 is 14.3 Å². The molecule has 3 rings (SSSR count). The Morgan fingerprint density at radius 3 is 3.10 bits per heavy atom. The quantitative estimate of drug-likeness (QED) is 0.867. The lowest BCUT2D eigenvalue weighted by atomic mass is 10.1. The van der Waals surface area contributed by atoms with Gasteiger partial charge < -0.3 is 19.7 Å². The van der Waals surface area contributed by atoms with Gasteiger partial charge in [-0.1, -0.05) is 18.2 Å². The smallest absolute Gasteiger partial charge is 0.240 e. The third-order valence-corrected chi connectivity index (χ3v) is 3.99. The standard InChI is InChI=1S/C15H20N2O3/c1-19-12-8-13(16-9-12)15(18)17-6-7-20-14-5-3-2-4-11(14)10-17/h2-5,12-13,16H,6-10H2,1H3. The first-order chi connectivity index (χ1) is 9.78. The maximum absolute atomic E-state index is 12.6. The van der Waals surface area contributed by atoms with E-state index < -0.39 is 0 Å². The van der Waals surface area contributed by atoms with Crippen LogP contribution in [0, 0.1) is 0 Å². The average Bonchev–Trinajstić information content (AvgIpc) is 2.85. The second-order valence-corrected chi connectivity index (χ2v) is 5.27. The molecule has 2 atom stereocenters. The van der Waals surface area contributed by atoms with Crippen LogP contribution in [0.5, 0.6) is 5.75 Å². The zero-order chi connectivity index (χ0) is 13.9. The van der Waals surface area contributed by atoms with Gasteiger partial charge in [0.05, 0.1) is 18.7 Å². The summed E-state index contributed by atoms with van der Waals surface area (Å²) in [6, 6.07) is 7.77. The number of nitrogens with one attached hydrogen (secondary N) is 1. The van der Waals surface area contributed by atoms with Crippen molar-refractivity contribution in [1.82, 2.24) is 10.2 Å². The lowest BCUT2D eigenvalue weighted by Crippen LogP contribution is -2.44. The molecule has 108 valence electrons. The van der Waals surface area contributed by atoms with E-state index in [1.165, 1.54) is 0 Å². The number of carbonyl (C=O) groups is 1. The number of amides is 1. The van der Waals surface area contributed by atoms with Crippen molar-refractivity contribution in [1.29, 1.82) is 0 Å². The fraction of sp³-hybridized carbons (Fsp3) is 0.533. The Morgan fingerprint density at radius 2 is 2.30 bits per heavy atom. The first-order valence-corrected chi connectivity index (χ1v) is 7.03. The number of para-hydroxylation sites is 1. The SMILES string of the molecule is COC1CNC(C(=O)N2CCOc3ccccc3C2)C1. The van der Waals surface area contributed by atoms with Crippen molar-refractivity contribution in [2.24, 2.45) is 0 Å². The molecule has 1 N–H and O–H groups in total. The first-order valence-electron chi connectivity index (χ1n) is 7.03. The molecule has 5 heteroatoms. The van der Waals surface area contributed by atoms with Crippen LogP contribution in [-0.4, -0.2) is 49.8 Å². The van der Waals surface area contributed by atoms with Crippen molar-refractivity contribution in [2.45, 2.75) is 25.1 Å². The average molecular weight is 276 g/mol. The van der Waals surface area contributed by atoms with Crippen LogP contribution >= 0.6 is 0 Å². The molecule has 0 aromatic heterocycles. The first kappa shape index (κ1) is 13.4. The topological polar surface area (TPSA) is 50.8 Å². The molecule has 1 saturated heterocycles. The molecule has 2 aliphatic rings. The molecule has 1 aromatic rings. The molecule has 2 unspecified atom stereocenters. The molecule has 0 spiro atoms. The highest BCUT2D eigenvalue weighted by molar-refractivity contribution is 5.82. The Labute approximate surface area is 118 Å². The zero-order valence-corrected chi connectivity index (χ0v) is 11.7. The van der Waals surface area contributed by atoms with E-state index in [9.17, 15) is 4.79 Å². The van der Waals surface area contributed by atoms with E-state index >= 15 is 0 Å². The molecule has 5 nitrogen and oxygen atoms in total. The molecule has 2 aliphatic heterocycles. The Bertz CT molecular complexity index is 492. The van der Waals surface area contributed by atoms with Crippen LogP contribution in [0.4, 0.5) is 0 Å². The maximum Gasteiger partial charge on any atom is 0.240 e. The molecule has 1 aromatic carbocycles. The molecule has 0 radical (unpaired) electrons. The van der Waals surface area contributed by atoms with Gasteiger partial charge in [0.15, 0.2) is 0 Å². The summed E-state index contributed by atoms with van der Waals surface area (Å²) in [6.07, 6.45) is 0.883. The zero-order valence-electron chi connectivity index (χ0n) is 11.7. The molecule has 0 saturated carbocycles. The molecule has 1 amide bonds. The minimum atomic E-state index is -0.134. The van der Waals surface area contributed by atoms with Gasteiger partial charge in [-0.2, -0.15) is 0 Å². The summed E-state index contributed by atoms with van der Waals surface area (Å²) >= 11 is 0. The van der Waals surface area contributed by atoms with Crippen molar-refractivity contribution in [3.63, 3.8) is 0 Å². The van der Waals surface area contributed by atoms with E-state index in [1.54, 1.807) is 7.11 Å². The van der Waals surface area contributed by atoms with Crippen molar-refractivity contribution in [2.75, 3.05) is 26.8 Å². The van der Waals surface area contributed by atoms with Crippen LogP contribution in [0.3, 0.4) is 0 Å². The van der Waals surface area contributed by atoms with Gasteiger partial charge in [-0.15, -0.1) is 0 Å². The van der Waals surface area contributed by atoms with Gasteiger partial charge in [-0.05, 0) is 12.5 Å². The van der Waals surface area contributed by atoms with Gasteiger partial charge in [0.25, 0.3) is 0 Å². The highest BCUT2D eigenvalue weighted by Crippen LogP contribution is 2.23. The lowest BCUT2D eigenvalue weighted by molar-refractivity contribution is -0.134. The number of benzene rings is 1. The Balaban J connectivity index is 1.70. The van der Waals surface area contributed by atoms with E-state index in [-0.39, 0.29) is 18.1 Å². The van der Waals surface area contributed by atoms with Crippen LogP contribution in [0.1, 0.15) is 12.0 Å². The van der Waals surface area contributed by atoms with E-state index in [4.69, 9.17) is 9.47 Å². The van der Waals surface area contributed by atoms with Crippen LogP contribution < -0.4 is 10.1 Å². The third kappa shape index (κ3) is 2.64. The fourth-order valence-corrected chi connectivity index (χ4v) is 2.81. The summed E-state index contributed by atoms with van der Waals surface area (Å²) < 4.78 is 11.0. The van der Waals surface area contributed by atoms with E-state index in [0.717, 1.165) is 24.3 Å². The summed E-state index contributed by atoms with van der Waals surface area (Å²) in [5.74, 6) is 1.03. The van der Waals surface area contributed by atoms with Gasteiger partial charge in [-0.25, -0.2) is 0 Å². The van der Waals surface area contributed by atoms with Crippen LogP contribution in [0.2, 0.25) is 0 Å². The third-order valence-electron chi connectivity index (χ3n) is 3.99.